The highest BCUT2D eigenvalue weighted by molar-refractivity contribution is 5.96. The van der Waals surface area contributed by atoms with Crippen LogP contribution >= 0.6 is 12.4 Å². The number of nitrogens with one attached hydrogen (secondary N) is 2. The Morgan fingerprint density at radius 1 is 1.00 bits per heavy atom. The van der Waals surface area contributed by atoms with Crippen molar-refractivity contribution in [2.75, 3.05) is 30.4 Å². The molecule has 3 rings (SSSR count). The second-order valence-corrected chi connectivity index (χ2v) is 6.12. The van der Waals surface area contributed by atoms with E-state index in [1.54, 1.807) is 0 Å². The van der Waals surface area contributed by atoms with Gasteiger partial charge in [-0.2, -0.15) is 0 Å². The van der Waals surface area contributed by atoms with Gasteiger partial charge in [0.1, 0.15) is 0 Å². The van der Waals surface area contributed by atoms with Crippen LogP contribution in [-0.4, -0.2) is 25.7 Å². The molecule has 0 aliphatic carbocycles. The van der Waals surface area contributed by atoms with E-state index in [0.717, 1.165) is 17.1 Å². The van der Waals surface area contributed by atoms with Crippen molar-refractivity contribution in [2.45, 2.75) is 12.8 Å². The van der Waals surface area contributed by atoms with Crippen LogP contribution in [0.2, 0.25) is 0 Å². The van der Waals surface area contributed by atoms with Crippen molar-refractivity contribution in [3.05, 3.63) is 54.6 Å². The Morgan fingerprint density at radius 2 is 1.64 bits per heavy atom. The molecule has 0 bridgehead atoms. The Hall–Kier alpha value is -2.08. The third kappa shape index (κ3) is 4.72. The summed E-state index contributed by atoms with van der Waals surface area (Å²) < 4.78 is 5.37. The third-order valence-electron chi connectivity index (χ3n) is 4.51. The number of halogens is 1. The first-order valence-corrected chi connectivity index (χ1v) is 8.23. The first-order chi connectivity index (χ1) is 11.7. The minimum absolute atomic E-state index is 0. The topological polar surface area (TPSA) is 76.4 Å². The molecule has 0 atom stereocenters. The summed E-state index contributed by atoms with van der Waals surface area (Å²) in [6.07, 6.45) is 1.33. The average Bonchev–Trinajstić information content (AvgIpc) is 2.63. The summed E-state index contributed by atoms with van der Waals surface area (Å²) in [6.45, 7) is 1.50. The smallest absolute Gasteiger partial charge is 0.232 e. The maximum atomic E-state index is 12.7. The van der Waals surface area contributed by atoms with Crippen molar-refractivity contribution in [1.82, 2.24) is 0 Å². The van der Waals surface area contributed by atoms with Crippen molar-refractivity contribution in [2.24, 2.45) is 11.1 Å². The molecule has 1 aliphatic rings. The largest absolute Gasteiger partial charge is 0.381 e. The third-order valence-corrected chi connectivity index (χ3v) is 4.51. The van der Waals surface area contributed by atoms with E-state index < -0.39 is 5.41 Å². The zero-order valence-electron chi connectivity index (χ0n) is 14.0. The van der Waals surface area contributed by atoms with Gasteiger partial charge in [-0.15, -0.1) is 12.4 Å². The molecule has 6 heteroatoms. The maximum absolute atomic E-state index is 12.7. The number of para-hydroxylation sites is 1. The minimum atomic E-state index is -0.527. The fraction of sp³-hybridized carbons (Fsp3) is 0.316. The summed E-state index contributed by atoms with van der Waals surface area (Å²) in [4.78, 5) is 12.7. The number of nitrogens with two attached hydrogens (primary N) is 1. The summed E-state index contributed by atoms with van der Waals surface area (Å²) in [7, 11) is 0. The van der Waals surface area contributed by atoms with E-state index in [9.17, 15) is 4.79 Å². The van der Waals surface area contributed by atoms with Gasteiger partial charge in [-0.1, -0.05) is 24.3 Å². The zero-order chi connectivity index (χ0) is 16.8. The monoisotopic (exact) mass is 361 g/mol. The van der Waals surface area contributed by atoms with Gasteiger partial charge in [0, 0.05) is 36.8 Å². The normalized spacial score (nSPS) is 15.7. The Kier molecular flexibility index (Phi) is 6.82. The molecule has 0 aromatic heterocycles. The van der Waals surface area contributed by atoms with E-state index >= 15 is 0 Å². The molecule has 5 nitrogen and oxygen atoms in total. The van der Waals surface area contributed by atoms with Crippen LogP contribution in [0.25, 0.3) is 0 Å². The highest BCUT2D eigenvalue weighted by Gasteiger charge is 2.38. The van der Waals surface area contributed by atoms with Gasteiger partial charge in [0.05, 0.1) is 5.41 Å². The van der Waals surface area contributed by atoms with E-state index in [-0.39, 0.29) is 18.3 Å². The van der Waals surface area contributed by atoms with Gasteiger partial charge in [0.25, 0.3) is 0 Å². The minimum Gasteiger partial charge on any atom is -0.381 e. The molecule has 0 spiro atoms. The second kappa shape index (κ2) is 8.85. The molecule has 25 heavy (non-hydrogen) atoms. The van der Waals surface area contributed by atoms with Crippen molar-refractivity contribution in [3.8, 4) is 0 Å². The van der Waals surface area contributed by atoms with Crippen LogP contribution in [0.5, 0.6) is 0 Å². The van der Waals surface area contributed by atoms with Crippen LogP contribution in [0, 0.1) is 5.41 Å². The van der Waals surface area contributed by atoms with E-state index in [4.69, 9.17) is 10.5 Å². The first-order valence-electron chi connectivity index (χ1n) is 8.23. The van der Waals surface area contributed by atoms with E-state index in [2.05, 4.69) is 10.6 Å². The summed E-state index contributed by atoms with van der Waals surface area (Å²) in [5.41, 5.74) is 8.06. The molecule has 134 valence electrons. The van der Waals surface area contributed by atoms with Gasteiger partial charge in [0.15, 0.2) is 0 Å². The lowest BCUT2D eigenvalue weighted by Gasteiger charge is -2.34. The zero-order valence-corrected chi connectivity index (χ0v) is 14.9. The standard InChI is InChI=1S/C19H23N3O2.ClH/c20-14-19(9-11-24-12-10-19)18(23)22-17-8-4-7-16(13-17)21-15-5-2-1-3-6-15;/h1-8,13,21H,9-12,14,20H2,(H,22,23);1H. The molecule has 1 aliphatic heterocycles. The Bertz CT molecular complexity index is 688. The van der Waals surface area contributed by atoms with Crippen LogP contribution in [-0.2, 0) is 9.53 Å². The number of hydrogen-bond donors (Lipinski definition) is 3. The summed E-state index contributed by atoms with van der Waals surface area (Å²) in [6, 6.07) is 17.6. The van der Waals surface area contributed by atoms with Crippen LogP contribution in [0.3, 0.4) is 0 Å². The van der Waals surface area contributed by atoms with Crippen molar-refractivity contribution in [3.63, 3.8) is 0 Å². The predicted octanol–water partition coefficient (Wildman–Crippen LogP) is 3.55. The molecule has 0 unspecified atom stereocenters. The number of hydrogen-bond acceptors (Lipinski definition) is 4. The number of rotatable bonds is 5. The lowest BCUT2D eigenvalue weighted by atomic mass is 9.79. The lowest BCUT2D eigenvalue weighted by molar-refractivity contribution is -0.130. The van der Waals surface area contributed by atoms with Gasteiger partial charge in [0.2, 0.25) is 5.91 Å². The summed E-state index contributed by atoms with van der Waals surface area (Å²) >= 11 is 0. The Balaban J connectivity index is 0.00000225. The lowest BCUT2D eigenvalue weighted by Crippen LogP contribution is -2.46. The van der Waals surface area contributed by atoms with Crippen molar-refractivity contribution in [1.29, 1.82) is 0 Å². The number of benzene rings is 2. The van der Waals surface area contributed by atoms with Crippen LogP contribution in [0.1, 0.15) is 12.8 Å². The van der Waals surface area contributed by atoms with Gasteiger partial charge >= 0.3 is 0 Å². The fourth-order valence-corrected chi connectivity index (χ4v) is 2.91. The molecular formula is C19H24ClN3O2. The van der Waals surface area contributed by atoms with Crippen molar-refractivity contribution < 1.29 is 9.53 Å². The number of anilines is 3. The summed E-state index contributed by atoms with van der Waals surface area (Å²) in [5, 5.41) is 6.34. The first kappa shape index (κ1) is 19.2. The van der Waals surface area contributed by atoms with E-state index in [1.807, 2.05) is 54.6 Å². The second-order valence-electron chi connectivity index (χ2n) is 6.12. The molecule has 0 radical (unpaired) electrons. The molecule has 2 aromatic carbocycles. The van der Waals surface area contributed by atoms with Gasteiger partial charge in [-0.05, 0) is 43.2 Å². The van der Waals surface area contributed by atoms with Gasteiger partial charge in [-0.3, -0.25) is 4.79 Å². The molecule has 1 amide bonds. The molecular weight excluding hydrogens is 338 g/mol. The number of carbonyl (C=O) groups excluding carboxylic acids is 1. The van der Waals surface area contributed by atoms with Gasteiger partial charge in [-0.25, -0.2) is 0 Å². The average molecular weight is 362 g/mol. The number of ether oxygens (including phenoxy) is 1. The molecule has 1 saturated heterocycles. The Labute approximate surface area is 154 Å². The number of carbonyl (C=O) groups is 1. The highest BCUT2D eigenvalue weighted by atomic mass is 35.5. The number of amides is 1. The molecule has 0 saturated carbocycles. The molecule has 1 heterocycles. The summed E-state index contributed by atoms with van der Waals surface area (Å²) in [5.74, 6) is -0.0230. The maximum Gasteiger partial charge on any atom is 0.232 e. The molecule has 1 fully saturated rings. The van der Waals surface area contributed by atoms with E-state index in [0.29, 0.717) is 32.6 Å². The Morgan fingerprint density at radius 3 is 2.32 bits per heavy atom. The van der Waals surface area contributed by atoms with Gasteiger partial charge < -0.3 is 21.1 Å². The highest BCUT2D eigenvalue weighted by Crippen LogP contribution is 2.31. The fourth-order valence-electron chi connectivity index (χ4n) is 2.91. The SMILES string of the molecule is Cl.NCC1(C(=O)Nc2cccc(Nc3ccccc3)c2)CCOCC1. The van der Waals surface area contributed by atoms with Crippen LogP contribution in [0.15, 0.2) is 54.6 Å². The molecule has 2 aromatic rings. The van der Waals surface area contributed by atoms with Crippen LogP contribution < -0.4 is 16.4 Å². The predicted molar refractivity (Wildman–Crippen MR) is 104 cm³/mol. The van der Waals surface area contributed by atoms with Crippen molar-refractivity contribution >= 4 is 35.4 Å². The quantitative estimate of drug-likeness (QED) is 0.761. The van der Waals surface area contributed by atoms with Crippen LogP contribution in [0.4, 0.5) is 17.1 Å². The van der Waals surface area contributed by atoms with E-state index in [1.165, 1.54) is 0 Å². The molecule has 4 N–H and O–H groups in total.